The van der Waals surface area contributed by atoms with E-state index in [-0.39, 0.29) is 5.56 Å². The van der Waals surface area contributed by atoms with Gasteiger partial charge in [0.25, 0.3) is 0 Å². The normalized spacial score (nSPS) is 15.2. The van der Waals surface area contributed by atoms with Crippen LogP contribution in [0.4, 0.5) is 13.2 Å². The van der Waals surface area contributed by atoms with E-state index >= 15 is 0 Å². The van der Waals surface area contributed by atoms with E-state index in [0.29, 0.717) is 0 Å². The highest BCUT2D eigenvalue weighted by Gasteiger charge is 2.43. The molecule has 0 aliphatic heterocycles. The first kappa shape index (κ1) is 15.0. The second kappa shape index (κ2) is 5.32. The number of carbonyl (C=O) groups excluding carboxylic acids is 1. The van der Waals surface area contributed by atoms with E-state index in [1.54, 1.807) is 12.1 Å². The molecule has 0 spiro atoms. The molecular formula is C12H13F3O2S. The smallest absolute Gasteiger partial charge is 0.382 e. The maximum atomic E-state index is 12.2. The SMILES string of the molecule is CSc1ccc(C(=O)C(C)(O)CC(F)(F)F)cc1. The van der Waals surface area contributed by atoms with Crippen molar-refractivity contribution in [2.24, 2.45) is 0 Å². The van der Waals surface area contributed by atoms with Crippen LogP contribution in [0, 0.1) is 0 Å². The molecule has 100 valence electrons. The molecule has 0 amide bonds. The fourth-order valence-electron chi connectivity index (χ4n) is 1.52. The first-order chi connectivity index (χ1) is 8.15. The van der Waals surface area contributed by atoms with Crippen molar-refractivity contribution in [2.45, 2.75) is 30.0 Å². The molecule has 0 aliphatic rings. The minimum Gasteiger partial charge on any atom is -0.382 e. The van der Waals surface area contributed by atoms with Crippen molar-refractivity contribution >= 4 is 17.5 Å². The number of ketones is 1. The van der Waals surface area contributed by atoms with Crippen LogP contribution in [0.3, 0.4) is 0 Å². The lowest BCUT2D eigenvalue weighted by atomic mass is 9.91. The van der Waals surface area contributed by atoms with Crippen molar-refractivity contribution in [1.29, 1.82) is 0 Å². The van der Waals surface area contributed by atoms with E-state index in [0.717, 1.165) is 11.8 Å². The van der Waals surface area contributed by atoms with Crippen LogP contribution in [0.2, 0.25) is 0 Å². The summed E-state index contributed by atoms with van der Waals surface area (Å²) in [6.07, 6.45) is -4.29. The molecule has 6 heteroatoms. The predicted molar refractivity (Wildman–Crippen MR) is 63.8 cm³/mol. The standard InChI is InChI=1S/C12H13F3O2S/c1-11(17,7-12(13,14)15)10(16)8-3-5-9(18-2)6-4-8/h3-6,17H,7H2,1-2H3. The van der Waals surface area contributed by atoms with Gasteiger partial charge in [0.05, 0.1) is 6.42 Å². The van der Waals surface area contributed by atoms with Crippen LogP contribution in [-0.2, 0) is 0 Å². The van der Waals surface area contributed by atoms with Crippen LogP contribution < -0.4 is 0 Å². The molecule has 0 radical (unpaired) electrons. The number of rotatable bonds is 4. The lowest BCUT2D eigenvalue weighted by Gasteiger charge is -2.23. The van der Waals surface area contributed by atoms with Gasteiger partial charge >= 0.3 is 6.18 Å². The topological polar surface area (TPSA) is 37.3 Å². The van der Waals surface area contributed by atoms with Gasteiger partial charge in [0.1, 0.15) is 5.60 Å². The molecule has 0 saturated carbocycles. The van der Waals surface area contributed by atoms with Crippen LogP contribution in [0.1, 0.15) is 23.7 Å². The van der Waals surface area contributed by atoms with Gasteiger partial charge in [-0.3, -0.25) is 4.79 Å². The van der Waals surface area contributed by atoms with Crippen molar-refractivity contribution in [1.82, 2.24) is 0 Å². The van der Waals surface area contributed by atoms with Crippen LogP contribution in [0.5, 0.6) is 0 Å². The summed E-state index contributed by atoms with van der Waals surface area (Å²) < 4.78 is 36.7. The minimum absolute atomic E-state index is 0.0713. The molecule has 1 aromatic rings. The quantitative estimate of drug-likeness (QED) is 0.678. The lowest BCUT2D eigenvalue weighted by molar-refractivity contribution is -0.163. The van der Waals surface area contributed by atoms with Gasteiger partial charge in [-0.25, -0.2) is 0 Å². The Hall–Kier alpha value is -1.01. The van der Waals surface area contributed by atoms with Crippen LogP contribution in [0.15, 0.2) is 29.2 Å². The van der Waals surface area contributed by atoms with Gasteiger partial charge in [0.15, 0.2) is 5.78 Å². The average molecular weight is 278 g/mol. The highest BCUT2D eigenvalue weighted by molar-refractivity contribution is 7.98. The van der Waals surface area contributed by atoms with Crippen LogP contribution in [-0.4, -0.2) is 28.9 Å². The zero-order valence-electron chi connectivity index (χ0n) is 9.91. The zero-order valence-corrected chi connectivity index (χ0v) is 10.7. The van der Waals surface area contributed by atoms with Gasteiger partial charge in [-0.05, 0) is 25.3 Å². The molecule has 0 aromatic heterocycles. The number of thioether (sulfide) groups is 1. The van der Waals surface area contributed by atoms with Gasteiger partial charge in [0, 0.05) is 10.5 Å². The summed E-state index contributed by atoms with van der Waals surface area (Å²) in [7, 11) is 0. The number of aliphatic hydroxyl groups is 1. The third-order valence-corrected chi connectivity index (χ3v) is 3.13. The number of alkyl halides is 3. The van der Waals surface area contributed by atoms with E-state index < -0.39 is 24.0 Å². The maximum absolute atomic E-state index is 12.2. The van der Waals surface area contributed by atoms with Gasteiger partial charge in [0.2, 0.25) is 0 Å². The fraction of sp³-hybridized carbons (Fsp3) is 0.417. The van der Waals surface area contributed by atoms with Crippen molar-refractivity contribution < 1.29 is 23.1 Å². The number of Topliss-reactive ketones (excluding diaryl/α,β-unsaturated/α-hetero) is 1. The van der Waals surface area contributed by atoms with Gasteiger partial charge < -0.3 is 5.11 Å². The molecule has 1 unspecified atom stereocenters. The largest absolute Gasteiger partial charge is 0.392 e. The third kappa shape index (κ3) is 4.03. The Kier molecular flexibility index (Phi) is 4.45. The lowest BCUT2D eigenvalue weighted by Crippen LogP contribution is -2.39. The Labute approximate surface area is 107 Å². The van der Waals surface area contributed by atoms with E-state index in [4.69, 9.17) is 0 Å². The molecule has 18 heavy (non-hydrogen) atoms. The molecule has 1 N–H and O–H groups in total. The summed E-state index contributed by atoms with van der Waals surface area (Å²) in [5, 5.41) is 9.62. The number of carbonyl (C=O) groups is 1. The van der Waals surface area contributed by atoms with Gasteiger partial charge in [-0.2, -0.15) is 13.2 Å². The first-order valence-electron chi connectivity index (χ1n) is 5.14. The monoisotopic (exact) mass is 278 g/mol. The van der Waals surface area contributed by atoms with E-state index in [9.17, 15) is 23.1 Å². The Morgan fingerprint density at radius 1 is 1.28 bits per heavy atom. The molecule has 1 rings (SSSR count). The summed E-state index contributed by atoms with van der Waals surface area (Å²) in [4.78, 5) is 12.7. The molecule has 0 heterocycles. The Morgan fingerprint density at radius 3 is 2.17 bits per heavy atom. The zero-order chi connectivity index (χ0) is 14.0. The highest BCUT2D eigenvalue weighted by atomic mass is 32.2. The van der Waals surface area contributed by atoms with Crippen molar-refractivity contribution in [3.8, 4) is 0 Å². The molecule has 1 aromatic carbocycles. The van der Waals surface area contributed by atoms with Gasteiger partial charge in [-0.1, -0.05) is 12.1 Å². The molecule has 0 aliphatic carbocycles. The van der Waals surface area contributed by atoms with E-state index in [1.807, 2.05) is 6.26 Å². The molecule has 0 saturated heterocycles. The summed E-state index contributed by atoms with van der Waals surface area (Å²) in [6.45, 7) is 0.880. The van der Waals surface area contributed by atoms with Gasteiger partial charge in [-0.15, -0.1) is 11.8 Å². The maximum Gasteiger partial charge on any atom is 0.392 e. The minimum atomic E-state index is -4.58. The van der Waals surface area contributed by atoms with Crippen molar-refractivity contribution in [3.63, 3.8) is 0 Å². The highest BCUT2D eigenvalue weighted by Crippen LogP contribution is 2.30. The van der Waals surface area contributed by atoms with E-state index in [2.05, 4.69) is 0 Å². The third-order valence-electron chi connectivity index (χ3n) is 2.39. The second-order valence-electron chi connectivity index (χ2n) is 4.12. The van der Waals surface area contributed by atoms with Crippen LogP contribution >= 0.6 is 11.8 Å². The molecule has 0 bridgehead atoms. The molecule has 1 atom stereocenters. The summed E-state index contributed by atoms with van der Waals surface area (Å²) >= 11 is 1.45. The average Bonchev–Trinajstić information content (AvgIpc) is 2.25. The Balaban J connectivity index is 2.91. The van der Waals surface area contributed by atoms with Crippen LogP contribution in [0.25, 0.3) is 0 Å². The number of hydrogen-bond donors (Lipinski definition) is 1. The summed E-state index contributed by atoms with van der Waals surface area (Å²) in [5.74, 6) is -0.924. The molecular weight excluding hydrogens is 265 g/mol. The number of hydrogen-bond acceptors (Lipinski definition) is 3. The Bertz CT molecular complexity index is 424. The van der Waals surface area contributed by atoms with E-state index in [1.165, 1.54) is 23.9 Å². The Morgan fingerprint density at radius 2 is 1.78 bits per heavy atom. The predicted octanol–water partition coefficient (Wildman–Crippen LogP) is 3.29. The second-order valence-corrected chi connectivity index (χ2v) is 5.00. The summed E-state index contributed by atoms with van der Waals surface area (Å²) in [5.41, 5.74) is -2.36. The van der Waals surface area contributed by atoms with Crippen molar-refractivity contribution in [2.75, 3.05) is 6.26 Å². The first-order valence-corrected chi connectivity index (χ1v) is 6.36. The number of benzene rings is 1. The fourth-order valence-corrected chi connectivity index (χ4v) is 1.93. The number of halogens is 3. The summed E-state index contributed by atoms with van der Waals surface area (Å²) in [6, 6.07) is 6.08. The van der Waals surface area contributed by atoms with Crippen molar-refractivity contribution in [3.05, 3.63) is 29.8 Å². The molecule has 0 fully saturated rings. The molecule has 2 nitrogen and oxygen atoms in total.